The molecule has 1 aliphatic rings. The third-order valence-corrected chi connectivity index (χ3v) is 3.92. The fourth-order valence-corrected chi connectivity index (χ4v) is 2.78. The van der Waals surface area contributed by atoms with Crippen LogP contribution in [0.25, 0.3) is 11.1 Å². The molecule has 80 valence electrons. The summed E-state index contributed by atoms with van der Waals surface area (Å²) in [5.41, 5.74) is 5.86. The van der Waals surface area contributed by atoms with Gasteiger partial charge in [-0.05, 0) is 34.1 Å². The molecule has 0 spiro atoms. The van der Waals surface area contributed by atoms with Crippen molar-refractivity contribution in [1.82, 2.24) is 0 Å². The Balaban J connectivity index is 2.17. The van der Waals surface area contributed by atoms with E-state index < -0.39 is 0 Å². The average Bonchev–Trinajstić information content (AvgIpc) is 2.38. The predicted octanol–water partition coefficient (Wildman–Crippen LogP) is 4.57. The summed E-state index contributed by atoms with van der Waals surface area (Å²) in [6, 6.07) is 17.4. The summed E-state index contributed by atoms with van der Waals surface area (Å²) in [6.45, 7) is 4.65. The van der Waals surface area contributed by atoms with E-state index in [1.807, 2.05) is 0 Å². The normalized spacial score (nSPS) is 22.4. The fourth-order valence-electron chi connectivity index (χ4n) is 2.78. The zero-order chi connectivity index (χ0) is 11.1. The molecule has 2 aromatic carbocycles. The highest BCUT2D eigenvalue weighted by Gasteiger charge is 2.32. The quantitative estimate of drug-likeness (QED) is 0.643. The van der Waals surface area contributed by atoms with E-state index in [4.69, 9.17) is 0 Å². The van der Waals surface area contributed by atoms with Gasteiger partial charge in [-0.1, -0.05) is 62.4 Å². The predicted molar refractivity (Wildman–Crippen MR) is 68.7 cm³/mol. The minimum absolute atomic E-state index is 0.700. The molecule has 0 bridgehead atoms. The van der Waals surface area contributed by atoms with Crippen LogP contribution in [0.15, 0.2) is 48.5 Å². The number of fused-ring (bicyclic) bond motifs is 1. The van der Waals surface area contributed by atoms with Crippen LogP contribution in [0.1, 0.15) is 36.8 Å². The van der Waals surface area contributed by atoms with Gasteiger partial charge >= 0.3 is 0 Å². The molecule has 2 aromatic rings. The fraction of sp³-hybridized carbons (Fsp3) is 0.250. The van der Waals surface area contributed by atoms with Crippen molar-refractivity contribution in [3.8, 4) is 11.1 Å². The largest absolute Gasteiger partial charge is 0.0622 e. The molecule has 0 amide bonds. The Labute approximate surface area is 96.9 Å². The first kappa shape index (κ1) is 9.65. The van der Waals surface area contributed by atoms with Crippen molar-refractivity contribution < 1.29 is 0 Å². The standard InChI is InChI=1S/C16H16/c1-11-12(2)16-14(11)9-6-10-15(16)13-7-4-3-5-8-13/h3-12H,1-2H3. The molecule has 16 heavy (non-hydrogen) atoms. The van der Waals surface area contributed by atoms with Gasteiger partial charge in [0.2, 0.25) is 0 Å². The van der Waals surface area contributed by atoms with Gasteiger partial charge in [-0.15, -0.1) is 0 Å². The molecule has 0 N–H and O–H groups in total. The van der Waals surface area contributed by atoms with Gasteiger partial charge in [0.05, 0.1) is 0 Å². The van der Waals surface area contributed by atoms with Crippen LogP contribution < -0.4 is 0 Å². The Bertz CT molecular complexity index is 511. The minimum Gasteiger partial charge on any atom is -0.0622 e. The summed E-state index contributed by atoms with van der Waals surface area (Å²) in [4.78, 5) is 0. The van der Waals surface area contributed by atoms with Crippen molar-refractivity contribution in [2.45, 2.75) is 25.7 Å². The lowest BCUT2D eigenvalue weighted by molar-refractivity contribution is 0.544. The van der Waals surface area contributed by atoms with Crippen molar-refractivity contribution in [3.05, 3.63) is 59.7 Å². The van der Waals surface area contributed by atoms with Gasteiger partial charge in [-0.3, -0.25) is 0 Å². The average molecular weight is 208 g/mol. The molecule has 0 heterocycles. The highest BCUT2D eigenvalue weighted by molar-refractivity contribution is 5.72. The Hall–Kier alpha value is -1.56. The van der Waals surface area contributed by atoms with Crippen molar-refractivity contribution in [2.75, 3.05) is 0 Å². The van der Waals surface area contributed by atoms with Crippen LogP contribution in [0, 0.1) is 0 Å². The van der Waals surface area contributed by atoms with Crippen LogP contribution in [0.3, 0.4) is 0 Å². The van der Waals surface area contributed by atoms with Crippen LogP contribution in [0.5, 0.6) is 0 Å². The zero-order valence-corrected chi connectivity index (χ0v) is 9.77. The summed E-state index contributed by atoms with van der Waals surface area (Å²) in [6.07, 6.45) is 0. The molecule has 2 atom stereocenters. The lowest BCUT2D eigenvalue weighted by Gasteiger charge is -2.37. The van der Waals surface area contributed by atoms with Crippen molar-refractivity contribution in [1.29, 1.82) is 0 Å². The Morgan fingerprint density at radius 2 is 1.50 bits per heavy atom. The Morgan fingerprint density at radius 3 is 2.25 bits per heavy atom. The first-order chi connectivity index (χ1) is 7.79. The summed E-state index contributed by atoms with van der Waals surface area (Å²) < 4.78 is 0. The van der Waals surface area contributed by atoms with Crippen molar-refractivity contribution in [3.63, 3.8) is 0 Å². The second-order valence-electron chi connectivity index (χ2n) is 4.75. The molecule has 0 saturated heterocycles. The summed E-state index contributed by atoms with van der Waals surface area (Å²) in [5.74, 6) is 1.42. The first-order valence-electron chi connectivity index (χ1n) is 5.97. The third kappa shape index (κ3) is 1.23. The topological polar surface area (TPSA) is 0 Å². The van der Waals surface area contributed by atoms with E-state index in [0.29, 0.717) is 5.92 Å². The van der Waals surface area contributed by atoms with Gasteiger partial charge in [0.15, 0.2) is 0 Å². The van der Waals surface area contributed by atoms with E-state index >= 15 is 0 Å². The molecule has 1 aliphatic carbocycles. The van der Waals surface area contributed by atoms with E-state index in [1.54, 1.807) is 5.56 Å². The van der Waals surface area contributed by atoms with Crippen LogP contribution in [0.2, 0.25) is 0 Å². The molecule has 0 aromatic heterocycles. The summed E-state index contributed by atoms with van der Waals surface area (Å²) in [7, 11) is 0. The molecule has 3 rings (SSSR count). The second-order valence-corrected chi connectivity index (χ2v) is 4.75. The van der Waals surface area contributed by atoms with E-state index in [9.17, 15) is 0 Å². The Kier molecular flexibility index (Phi) is 2.10. The number of rotatable bonds is 1. The van der Waals surface area contributed by atoms with Crippen LogP contribution in [-0.2, 0) is 0 Å². The van der Waals surface area contributed by atoms with Gasteiger partial charge in [0.1, 0.15) is 0 Å². The molecule has 0 radical (unpaired) electrons. The maximum Gasteiger partial charge on any atom is -0.0115 e. The molecular formula is C16H16. The summed E-state index contributed by atoms with van der Waals surface area (Å²) in [5, 5.41) is 0. The van der Waals surface area contributed by atoms with Crippen LogP contribution >= 0.6 is 0 Å². The van der Waals surface area contributed by atoms with Gasteiger partial charge in [-0.2, -0.15) is 0 Å². The lowest BCUT2D eigenvalue weighted by Crippen LogP contribution is -2.20. The second kappa shape index (κ2) is 3.48. The molecule has 2 unspecified atom stereocenters. The third-order valence-electron chi connectivity index (χ3n) is 3.92. The van der Waals surface area contributed by atoms with E-state index in [1.165, 1.54) is 16.7 Å². The van der Waals surface area contributed by atoms with Crippen LogP contribution in [-0.4, -0.2) is 0 Å². The van der Waals surface area contributed by atoms with Gasteiger partial charge < -0.3 is 0 Å². The van der Waals surface area contributed by atoms with Crippen LogP contribution in [0.4, 0.5) is 0 Å². The van der Waals surface area contributed by atoms with Gasteiger partial charge in [0, 0.05) is 0 Å². The van der Waals surface area contributed by atoms with E-state index in [2.05, 4.69) is 62.4 Å². The number of hydrogen-bond donors (Lipinski definition) is 0. The van der Waals surface area contributed by atoms with Crippen molar-refractivity contribution in [2.24, 2.45) is 0 Å². The maximum atomic E-state index is 2.33. The smallest absolute Gasteiger partial charge is 0.0115 e. The maximum absolute atomic E-state index is 2.33. The van der Waals surface area contributed by atoms with E-state index in [0.717, 1.165) is 5.92 Å². The monoisotopic (exact) mass is 208 g/mol. The molecular weight excluding hydrogens is 192 g/mol. The minimum atomic E-state index is 0.700. The number of benzene rings is 2. The van der Waals surface area contributed by atoms with Gasteiger partial charge in [0.25, 0.3) is 0 Å². The van der Waals surface area contributed by atoms with Gasteiger partial charge in [-0.25, -0.2) is 0 Å². The highest BCUT2D eigenvalue weighted by Crippen LogP contribution is 2.49. The summed E-state index contributed by atoms with van der Waals surface area (Å²) >= 11 is 0. The number of hydrogen-bond acceptors (Lipinski definition) is 0. The zero-order valence-electron chi connectivity index (χ0n) is 9.77. The molecule has 0 fully saturated rings. The highest BCUT2D eigenvalue weighted by atomic mass is 14.4. The lowest BCUT2D eigenvalue weighted by atomic mass is 9.67. The molecule has 0 nitrogen and oxygen atoms in total. The molecule has 0 saturated carbocycles. The Morgan fingerprint density at radius 1 is 0.750 bits per heavy atom. The molecule has 0 heteroatoms. The SMILES string of the molecule is CC1c2cccc(-c3ccccc3)c2C1C. The van der Waals surface area contributed by atoms with Crippen molar-refractivity contribution >= 4 is 0 Å². The first-order valence-corrected chi connectivity index (χ1v) is 5.97. The van der Waals surface area contributed by atoms with E-state index in [-0.39, 0.29) is 0 Å². The molecule has 0 aliphatic heterocycles.